The Balaban J connectivity index is 1.99. The van der Waals surface area contributed by atoms with Crippen molar-refractivity contribution >= 4 is 17.5 Å². The first-order valence-corrected chi connectivity index (χ1v) is 7.84. The Kier molecular flexibility index (Phi) is 5.18. The Labute approximate surface area is 139 Å². The van der Waals surface area contributed by atoms with E-state index in [9.17, 15) is 19.7 Å². The van der Waals surface area contributed by atoms with Crippen LogP contribution in [-0.4, -0.2) is 34.9 Å². The molecule has 4 N–H and O–H groups in total. The number of rotatable bonds is 7. The highest BCUT2D eigenvalue weighted by Gasteiger charge is 2.42. The van der Waals surface area contributed by atoms with Crippen LogP contribution in [0, 0.1) is 16.0 Å². The Morgan fingerprint density at radius 1 is 1.46 bits per heavy atom. The molecule has 0 aliphatic heterocycles. The van der Waals surface area contributed by atoms with Gasteiger partial charge in [0, 0.05) is 24.2 Å². The highest BCUT2D eigenvalue weighted by molar-refractivity contribution is 5.98. The Bertz CT molecular complexity index is 659. The highest BCUT2D eigenvalue weighted by atomic mass is 16.6. The molecule has 2 amide bonds. The Morgan fingerprint density at radius 3 is 2.67 bits per heavy atom. The molecule has 0 heterocycles. The number of hydrogen-bond donors (Lipinski definition) is 3. The zero-order chi connectivity index (χ0) is 17.9. The number of carbonyl (C=O) groups excluding carboxylic acids is 2. The summed E-state index contributed by atoms with van der Waals surface area (Å²) in [7, 11) is 0. The van der Waals surface area contributed by atoms with Crippen LogP contribution in [-0.2, 0) is 4.79 Å². The van der Waals surface area contributed by atoms with Crippen LogP contribution in [0.1, 0.15) is 37.0 Å². The lowest BCUT2D eigenvalue weighted by atomic mass is 9.95. The molecule has 1 fully saturated rings. The van der Waals surface area contributed by atoms with Crippen molar-refractivity contribution in [3.05, 3.63) is 39.9 Å². The Morgan fingerprint density at radius 2 is 2.12 bits per heavy atom. The van der Waals surface area contributed by atoms with Gasteiger partial charge in [0.2, 0.25) is 5.91 Å². The van der Waals surface area contributed by atoms with Crippen LogP contribution in [0.4, 0.5) is 5.69 Å². The van der Waals surface area contributed by atoms with Gasteiger partial charge in [0.1, 0.15) is 6.04 Å². The van der Waals surface area contributed by atoms with E-state index in [4.69, 9.17) is 5.73 Å². The molecule has 1 aliphatic carbocycles. The lowest BCUT2D eigenvalue weighted by molar-refractivity contribution is -0.384. The van der Waals surface area contributed by atoms with Crippen LogP contribution in [0.3, 0.4) is 0 Å². The minimum atomic E-state index is -0.776. The molecule has 8 nitrogen and oxygen atoms in total. The van der Waals surface area contributed by atoms with Gasteiger partial charge in [0.05, 0.1) is 10.5 Å². The van der Waals surface area contributed by atoms with E-state index in [1.54, 1.807) is 6.92 Å². The van der Waals surface area contributed by atoms with Gasteiger partial charge in [-0.25, -0.2) is 0 Å². The van der Waals surface area contributed by atoms with Gasteiger partial charge in [-0.2, -0.15) is 0 Å². The van der Waals surface area contributed by atoms with Gasteiger partial charge >= 0.3 is 0 Å². The van der Waals surface area contributed by atoms with Crippen LogP contribution >= 0.6 is 0 Å². The maximum atomic E-state index is 12.3. The van der Waals surface area contributed by atoms with E-state index in [1.807, 2.05) is 6.92 Å². The van der Waals surface area contributed by atoms with Crippen molar-refractivity contribution in [1.82, 2.24) is 10.6 Å². The number of non-ortho nitro benzene ring substituents is 1. The van der Waals surface area contributed by atoms with Gasteiger partial charge < -0.3 is 16.4 Å². The molecule has 0 bridgehead atoms. The molecule has 0 saturated heterocycles. The van der Waals surface area contributed by atoms with Gasteiger partial charge in [0.25, 0.3) is 11.6 Å². The molecule has 1 aromatic carbocycles. The van der Waals surface area contributed by atoms with E-state index < -0.39 is 22.4 Å². The highest BCUT2D eigenvalue weighted by Crippen LogP contribution is 2.38. The van der Waals surface area contributed by atoms with Gasteiger partial charge in [0.15, 0.2) is 0 Å². The van der Waals surface area contributed by atoms with Crippen molar-refractivity contribution in [3.8, 4) is 0 Å². The average molecular weight is 334 g/mol. The molecular formula is C16H22N4O4. The second-order valence-electron chi connectivity index (χ2n) is 6.39. The van der Waals surface area contributed by atoms with Gasteiger partial charge in [-0.1, -0.05) is 6.07 Å². The van der Waals surface area contributed by atoms with E-state index >= 15 is 0 Å². The van der Waals surface area contributed by atoms with Crippen LogP contribution < -0.4 is 16.4 Å². The monoisotopic (exact) mass is 334 g/mol. The van der Waals surface area contributed by atoms with E-state index in [2.05, 4.69) is 10.6 Å². The number of carbonyl (C=O) groups is 2. The summed E-state index contributed by atoms with van der Waals surface area (Å²) < 4.78 is 0. The molecule has 1 aromatic rings. The standard InChI is InChI=1S/C16H22N4O4/c1-10(14(21)19-16(2,9-17)12-6-7-12)18-15(22)11-4-3-5-13(8-11)20(23)24/h3-5,8,10,12H,6-7,9,17H2,1-2H3,(H,18,22)(H,19,21). The van der Waals surface area contributed by atoms with Crippen molar-refractivity contribution < 1.29 is 14.5 Å². The maximum Gasteiger partial charge on any atom is 0.270 e. The fourth-order valence-electron chi connectivity index (χ4n) is 2.54. The molecule has 0 radical (unpaired) electrons. The number of amides is 2. The third-order valence-electron chi connectivity index (χ3n) is 4.37. The number of nitrogens with two attached hydrogens (primary N) is 1. The summed E-state index contributed by atoms with van der Waals surface area (Å²) >= 11 is 0. The minimum absolute atomic E-state index is 0.132. The fourth-order valence-corrected chi connectivity index (χ4v) is 2.54. The predicted octanol–water partition coefficient (Wildman–Crippen LogP) is 0.957. The average Bonchev–Trinajstić information content (AvgIpc) is 3.40. The van der Waals surface area contributed by atoms with Crippen LogP contribution in [0.2, 0.25) is 0 Å². The number of nitrogens with one attached hydrogen (secondary N) is 2. The summed E-state index contributed by atoms with van der Waals surface area (Å²) in [6, 6.07) is 4.59. The molecular weight excluding hydrogens is 312 g/mol. The first-order chi connectivity index (χ1) is 11.3. The lowest BCUT2D eigenvalue weighted by Gasteiger charge is -2.31. The predicted molar refractivity (Wildman–Crippen MR) is 88.4 cm³/mol. The molecule has 0 aromatic heterocycles. The summed E-state index contributed by atoms with van der Waals surface area (Å²) in [5, 5.41) is 16.2. The van der Waals surface area contributed by atoms with Gasteiger partial charge in [-0.3, -0.25) is 19.7 Å². The summed E-state index contributed by atoms with van der Waals surface area (Å²) in [6.07, 6.45) is 2.06. The van der Waals surface area contributed by atoms with Crippen LogP contribution in [0.25, 0.3) is 0 Å². The van der Waals surface area contributed by atoms with E-state index in [-0.39, 0.29) is 17.2 Å². The number of benzene rings is 1. The smallest absolute Gasteiger partial charge is 0.270 e. The third-order valence-corrected chi connectivity index (χ3v) is 4.37. The van der Waals surface area contributed by atoms with Crippen LogP contribution in [0.5, 0.6) is 0 Å². The van der Waals surface area contributed by atoms with Crippen molar-refractivity contribution in [1.29, 1.82) is 0 Å². The van der Waals surface area contributed by atoms with Crippen molar-refractivity contribution in [2.24, 2.45) is 11.7 Å². The van der Waals surface area contributed by atoms with E-state index in [1.165, 1.54) is 24.3 Å². The zero-order valence-corrected chi connectivity index (χ0v) is 13.7. The molecule has 130 valence electrons. The molecule has 24 heavy (non-hydrogen) atoms. The SMILES string of the molecule is CC(NC(=O)c1cccc([N+](=O)[O-])c1)C(=O)NC(C)(CN)C1CC1. The lowest BCUT2D eigenvalue weighted by Crippen LogP contribution is -2.57. The number of hydrogen-bond acceptors (Lipinski definition) is 5. The molecule has 8 heteroatoms. The first-order valence-electron chi connectivity index (χ1n) is 7.84. The first kappa shape index (κ1) is 17.9. The number of nitrogens with zero attached hydrogens (tertiary/aromatic N) is 1. The molecule has 2 rings (SSSR count). The molecule has 2 atom stereocenters. The second kappa shape index (κ2) is 6.96. The molecule has 1 aliphatic rings. The largest absolute Gasteiger partial charge is 0.348 e. The number of nitro groups is 1. The molecule has 1 saturated carbocycles. The molecule has 0 spiro atoms. The molecule has 2 unspecified atom stereocenters. The summed E-state index contributed by atoms with van der Waals surface area (Å²) in [5.74, 6) is -0.498. The third kappa shape index (κ3) is 4.08. The topological polar surface area (TPSA) is 127 Å². The maximum absolute atomic E-state index is 12.3. The van der Waals surface area contributed by atoms with E-state index in [0.717, 1.165) is 12.8 Å². The van der Waals surface area contributed by atoms with Gasteiger partial charge in [-0.05, 0) is 38.7 Å². The van der Waals surface area contributed by atoms with Crippen molar-refractivity contribution in [2.45, 2.75) is 38.3 Å². The Hall–Kier alpha value is -2.48. The quantitative estimate of drug-likeness (QED) is 0.505. The van der Waals surface area contributed by atoms with Crippen molar-refractivity contribution in [3.63, 3.8) is 0 Å². The summed E-state index contributed by atoms with van der Waals surface area (Å²) in [4.78, 5) is 34.7. The van der Waals surface area contributed by atoms with Crippen LogP contribution in [0.15, 0.2) is 24.3 Å². The minimum Gasteiger partial charge on any atom is -0.348 e. The van der Waals surface area contributed by atoms with E-state index in [0.29, 0.717) is 12.5 Å². The summed E-state index contributed by atoms with van der Waals surface area (Å²) in [5.41, 5.74) is 5.25. The normalized spacial score (nSPS) is 17.5. The summed E-state index contributed by atoms with van der Waals surface area (Å²) in [6.45, 7) is 3.79. The fraction of sp³-hybridized carbons (Fsp3) is 0.500. The zero-order valence-electron chi connectivity index (χ0n) is 13.7. The number of nitro benzene ring substituents is 1. The van der Waals surface area contributed by atoms with Gasteiger partial charge in [-0.15, -0.1) is 0 Å². The second-order valence-corrected chi connectivity index (χ2v) is 6.39. The van der Waals surface area contributed by atoms with Crippen molar-refractivity contribution in [2.75, 3.05) is 6.54 Å².